The zero-order valence-corrected chi connectivity index (χ0v) is 18.7. The molecule has 0 aliphatic carbocycles. The van der Waals surface area contributed by atoms with Gasteiger partial charge in [0, 0.05) is 33.3 Å². The van der Waals surface area contributed by atoms with Crippen molar-refractivity contribution in [1.82, 2.24) is 15.5 Å². The molecule has 0 amide bonds. The molecule has 0 aromatic carbocycles. The summed E-state index contributed by atoms with van der Waals surface area (Å²) < 4.78 is 11.0. The van der Waals surface area contributed by atoms with Crippen LogP contribution in [0, 0.1) is 5.92 Å². The maximum atomic E-state index is 5.55. The lowest BCUT2D eigenvalue weighted by Gasteiger charge is -2.32. The fraction of sp³-hybridized carbons (Fsp3) is 0.944. The largest absolute Gasteiger partial charge is 0.379 e. The van der Waals surface area contributed by atoms with E-state index in [1.54, 1.807) is 0 Å². The molecular formula is C18H39IN4O2. The van der Waals surface area contributed by atoms with E-state index in [4.69, 9.17) is 9.47 Å². The average Bonchev–Trinajstić information content (AvgIpc) is 2.63. The first-order chi connectivity index (χ1) is 11.8. The monoisotopic (exact) mass is 470 g/mol. The normalized spacial score (nSPS) is 18.7. The van der Waals surface area contributed by atoms with Crippen LogP contribution in [0.2, 0.25) is 0 Å². The van der Waals surface area contributed by atoms with Crippen molar-refractivity contribution in [3.8, 4) is 0 Å². The highest BCUT2D eigenvalue weighted by molar-refractivity contribution is 14.0. The second-order valence-electron chi connectivity index (χ2n) is 6.36. The number of nitrogens with zero attached hydrogens (tertiary/aromatic N) is 2. The predicted molar refractivity (Wildman–Crippen MR) is 116 cm³/mol. The smallest absolute Gasteiger partial charge is 0.191 e. The summed E-state index contributed by atoms with van der Waals surface area (Å²) in [6.45, 7) is 12.6. The Morgan fingerprint density at radius 1 is 1.12 bits per heavy atom. The number of aliphatic imine (C=N–C) groups is 1. The van der Waals surface area contributed by atoms with Gasteiger partial charge in [0.2, 0.25) is 0 Å². The summed E-state index contributed by atoms with van der Waals surface area (Å²) >= 11 is 0. The Hall–Kier alpha value is -0.120. The molecule has 0 bridgehead atoms. The molecule has 0 saturated carbocycles. The van der Waals surface area contributed by atoms with Crippen LogP contribution in [0.4, 0.5) is 0 Å². The Balaban J connectivity index is 0.00000576. The number of piperidine rings is 1. The molecule has 1 saturated heterocycles. The number of hydrogen-bond donors (Lipinski definition) is 2. The van der Waals surface area contributed by atoms with Crippen LogP contribution in [-0.2, 0) is 9.47 Å². The molecule has 1 unspecified atom stereocenters. The van der Waals surface area contributed by atoms with Gasteiger partial charge in [-0.25, -0.2) is 0 Å². The van der Waals surface area contributed by atoms with Gasteiger partial charge in [0.1, 0.15) is 0 Å². The van der Waals surface area contributed by atoms with E-state index in [0.717, 1.165) is 38.6 Å². The van der Waals surface area contributed by atoms with E-state index in [9.17, 15) is 0 Å². The molecule has 1 fully saturated rings. The number of halogens is 1. The lowest BCUT2D eigenvalue weighted by atomic mass is 9.98. The summed E-state index contributed by atoms with van der Waals surface area (Å²) in [6, 6.07) is 0. The molecule has 0 radical (unpaired) electrons. The van der Waals surface area contributed by atoms with Crippen LogP contribution in [0.3, 0.4) is 0 Å². The minimum absolute atomic E-state index is 0. The van der Waals surface area contributed by atoms with Gasteiger partial charge in [-0.15, -0.1) is 24.0 Å². The molecule has 0 aromatic heterocycles. The zero-order valence-electron chi connectivity index (χ0n) is 16.4. The van der Waals surface area contributed by atoms with Crippen molar-refractivity contribution >= 4 is 29.9 Å². The number of likely N-dealkylation sites (tertiary alicyclic amines) is 1. The highest BCUT2D eigenvalue weighted by atomic mass is 127. The number of nitrogens with one attached hydrogen (secondary N) is 2. The van der Waals surface area contributed by atoms with Crippen molar-refractivity contribution in [1.29, 1.82) is 0 Å². The molecule has 0 aromatic rings. The topological polar surface area (TPSA) is 58.1 Å². The minimum Gasteiger partial charge on any atom is -0.379 e. The van der Waals surface area contributed by atoms with Crippen molar-refractivity contribution in [3.05, 3.63) is 0 Å². The number of hydrogen-bond acceptors (Lipinski definition) is 4. The van der Waals surface area contributed by atoms with Gasteiger partial charge in [0.25, 0.3) is 0 Å². The van der Waals surface area contributed by atoms with Gasteiger partial charge in [0.05, 0.1) is 19.8 Å². The van der Waals surface area contributed by atoms with Crippen molar-refractivity contribution in [3.63, 3.8) is 0 Å². The van der Waals surface area contributed by atoms with Gasteiger partial charge in [-0.05, 0) is 38.3 Å². The van der Waals surface area contributed by atoms with Crippen LogP contribution in [0.5, 0.6) is 0 Å². The molecular weight excluding hydrogens is 431 g/mol. The van der Waals surface area contributed by atoms with Gasteiger partial charge in [0.15, 0.2) is 5.96 Å². The van der Waals surface area contributed by atoms with E-state index >= 15 is 0 Å². The Labute approximate surface area is 171 Å². The van der Waals surface area contributed by atoms with Gasteiger partial charge >= 0.3 is 0 Å². The molecule has 25 heavy (non-hydrogen) atoms. The standard InChI is InChI=1S/C18H38N4O2.HI/c1-4-6-11-23-13-14-24-12-9-20-18(19-3)21-15-17-8-7-10-22(5-2)16-17;/h17H,4-16H2,1-3H3,(H2,19,20,21);1H. The van der Waals surface area contributed by atoms with Gasteiger partial charge in [-0.3, -0.25) is 4.99 Å². The lowest BCUT2D eigenvalue weighted by molar-refractivity contribution is 0.0487. The first kappa shape index (κ1) is 24.9. The third-order valence-electron chi connectivity index (χ3n) is 4.39. The second-order valence-corrected chi connectivity index (χ2v) is 6.36. The van der Waals surface area contributed by atoms with E-state index in [2.05, 4.69) is 34.4 Å². The van der Waals surface area contributed by atoms with Gasteiger partial charge in [-0.2, -0.15) is 0 Å². The molecule has 0 spiro atoms. The number of unbranched alkanes of at least 4 members (excludes halogenated alkanes) is 1. The SMILES string of the molecule is CCCCOCCOCCNC(=NC)NCC1CCCN(CC)C1.I. The molecule has 1 heterocycles. The van der Waals surface area contributed by atoms with Gasteiger partial charge < -0.3 is 25.0 Å². The molecule has 1 atom stereocenters. The fourth-order valence-corrected chi connectivity index (χ4v) is 2.88. The Morgan fingerprint density at radius 3 is 2.56 bits per heavy atom. The van der Waals surface area contributed by atoms with Crippen LogP contribution in [-0.4, -0.2) is 77.1 Å². The zero-order chi connectivity index (χ0) is 17.5. The minimum atomic E-state index is 0. The molecule has 7 heteroatoms. The maximum Gasteiger partial charge on any atom is 0.191 e. The summed E-state index contributed by atoms with van der Waals surface area (Å²) in [5, 5.41) is 6.75. The molecule has 6 nitrogen and oxygen atoms in total. The third-order valence-corrected chi connectivity index (χ3v) is 4.39. The van der Waals surface area contributed by atoms with Crippen molar-refractivity contribution in [2.24, 2.45) is 10.9 Å². The average molecular weight is 470 g/mol. The number of rotatable bonds is 12. The summed E-state index contributed by atoms with van der Waals surface area (Å²) in [7, 11) is 1.82. The third kappa shape index (κ3) is 12.8. The molecule has 1 aliphatic heterocycles. The van der Waals surface area contributed by atoms with Crippen LogP contribution in [0.25, 0.3) is 0 Å². The maximum absolute atomic E-state index is 5.55. The van der Waals surface area contributed by atoms with Crippen LogP contribution < -0.4 is 10.6 Å². The number of guanidine groups is 1. The molecule has 2 N–H and O–H groups in total. The van der Waals surface area contributed by atoms with Gasteiger partial charge in [-0.1, -0.05) is 20.3 Å². The Kier molecular flexibility index (Phi) is 17.2. The van der Waals surface area contributed by atoms with E-state index in [0.29, 0.717) is 25.7 Å². The first-order valence-corrected chi connectivity index (χ1v) is 9.62. The van der Waals surface area contributed by atoms with Crippen molar-refractivity contribution in [2.75, 3.05) is 66.2 Å². The highest BCUT2D eigenvalue weighted by Gasteiger charge is 2.18. The lowest BCUT2D eigenvalue weighted by Crippen LogP contribution is -2.45. The first-order valence-electron chi connectivity index (χ1n) is 9.62. The van der Waals surface area contributed by atoms with Crippen molar-refractivity contribution < 1.29 is 9.47 Å². The van der Waals surface area contributed by atoms with E-state index in [1.807, 2.05) is 7.05 Å². The molecule has 1 rings (SSSR count). The second kappa shape index (κ2) is 17.3. The van der Waals surface area contributed by atoms with Crippen LogP contribution in [0.1, 0.15) is 39.5 Å². The van der Waals surface area contributed by atoms with E-state index in [1.165, 1.54) is 32.4 Å². The number of ether oxygens (including phenoxy) is 2. The van der Waals surface area contributed by atoms with E-state index < -0.39 is 0 Å². The van der Waals surface area contributed by atoms with Crippen LogP contribution in [0.15, 0.2) is 4.99 Å². The quantitative estimate of drug-likeness (QED) is 0.199. The fourth-order valence-electron chi connectivity index (χ4n) is 2.88. The Morgan fingerprint density at radius 2 is 1.88 bits per heavy atom. The summed E-state index contributed by atoms with van der Waals surface area (Å²) in [5.74, 6) is 1.58. The molecule has 1 aliphatic rings. The van der Waals surface area contributed by atoms with Crippen molar-refractivity contribution in [2.45, 2.75) is 39.5 Å². The Bertz CT molecular complexity index is 332. The molecule has 150 valence electrons. The highest BCUT2D eigenvalue weighted by Crippen LogP contribution is 2.14. The van der Waals surface area contributed by atoms with E-state index in [-0.39, 0.29) is 24.0 Å². The summed E-state index contributed by atoms with van der Waals surface area (Å²) in [6.07, 6.45) is 4.91. The van der Waals surface area contributed by atoms with Crippen LogP contribution >= 0.6 is 24.0 Å². The summed E-state index contributed by atoms with van der Waals surface area (Å²) in [5.41, 5.74) is 0. The predicted octanol–water partition coefficient (Wildman–Crippen LogP) is 2.33. The summed E-state index contributed by atoms with van der Waals surface area (Å²) in [4.78, 5) is 6.81.